The monoisotopic (exact) mass is 160 g/mol. The van der Waals surface area contributed by atoms with Crippen LogP contribution in [0.25, 0.3) is 0 Å². The maximum atomic E-state index is 13.1. The molecule has 0 amide bonds. The Morgan fingerprint density at radius 1 is 1.45 bits per heavy atom. The molecular formula is C7H13FN2O. The van der Waals surface area contributed by atoms with Crippen LogP contribution in [0.5, 0.6) is 0 Å². The van der Waals surface area contributed by atoms with Gasteiger partial charge in [0.15, 0.2) is 0 Å². The van der Waals surface area contributed by atoms with Crippen molar-refractivity contribution in [2.75, 3.05) is 13.1 Å². The average Bonchev–Trinajstić information content (AvgIpc) is 2.55. The lowest BCUT2D eigenvalue weighted by Gasteiger charge is -2.18. The summed E-state index contributed by atoms with van der Waals surface area (Å²) in [6, 6.07) is 0. The van der Waals surface area contributed by atoms with Gasteiger partial charge in [0.1, 0.15) is 6.17 Å². The van der Waals surface area contributed by atoms with Crippen LogP contribution in [0, 0.1) is 5.92 Å². The molecule has 0 radical (unpaired) electrons. The van der Waals surface area contributed by atoms with Crippen LogP contribution in [0.3, 0.4) is 0 Å². The molecule has 3 nitrogen and oxygen atoms in total. The highest BCUT2D eigenvalue weighted by Crippen LogP contribution is 2.44. The van der Waals surface area contributed by atoms with Crippen LogP contribution in [0.4, 0.5) is 4.39 Å². The van der Waals surface area contributed by atoms with E-state index in [-0.39, 0.29) is 18.0 Å². The van der Waals surface area contributed by atoms with Gasteiger partial charge in [0.05, 0.1) is 6.54 Å². The molecule has 0 aromatic rings. The molecule has 1 heterocycles. The summed E-state index contributed by atoms with van der Waals surface area (Å²) < 4.78 is 13.1. The Hall–Kier alpha value is -0.190. The Bertz CT molecular complexity index is 172. The fourth-order valence-corrected chi connectivity index (χ4v) is 1.80. The Labute approximate surface area is 64.9 Å². The smallest absolute Gasteiger partial charge is 0.121 e. The zero-order valence-electron chi connectivity index (χ0n) is 6.33. The van der Waals surface area contributed by atoms with Gasteiger partial charge in [-0.1, -0.05) is 0 Å². The molecule has 2 rings (SSSR count). The quantitative estimate of drug-likeness (QED) is 0.573. The highest BCUT2D eigenvalue weighted by molar-refractivity contribution is 5.08. The predicted molar refractivity (Wildman–Crippen MR) is 37.9 cm³/mol. The summed E-state index contributed by atoms with van der Waals surface area (Å²) in [5, 5.41) is 10.0. The first-order valence-corrected chi connectivity index (χ1v) is 3.98. The van der Waals surface area contributed by atoms with E-state index in [4.69, 9.17) is 10.9 Å². The van der Waals surface area contributed by atoms with Gasteiger partial charge < -0.3 is 10.9 Å². The van der Waals surface area contributed by atoms with Gasteiger partial charge in [-0.05, 0) is 12.8 Å². The lowest BCUT2D eigenvalue weighted by molar-refractivity contribution is -0.0749. The zero-order valence-corrected chi connectivity index (χ0v) is 6.33. The summed E-state index contributed by atoms with van der Waals surface area (Å²) in [5.41, 5.74) is 5.53. The van der Waals surface area contributed by atoms with E-state index in [0.29, 0.717) is 6.54 Å². The molecule has 1 aliphatic heterocycles. The van der Waals surface area contributed by atoms with E-state index in [1.807, 2.05) is 0 Å². The van der Waals surface area contributed by atoms with Gasteiger partial charge >= 0.3 is 0 Å². The van der Waals surface area contributed by atoms with Gasteiger partial charge in [-0.15, -0.1) is 0 Å². The van der Waals surface area contributed by atoms with Crippen LogP contribution < -0.4 is 5.73 Å². The van der Waals surface area contributed by atoms with Crippen LogP contribution >= 0.6 is 0 Å². The Morgan fingerprint density at radius 2 is 2.09 bits per heavy atom. The number of nitrogens with zero attached hydrogens (tertiary/aromatic N) is 1. The molecule has 0 unspecified atom stereocenters. The largest absolute Gasteiger partial charge is 0.325 e. The van der Waals surface area contributed by atoms with Crippen molar-refractivity contribution in [3.63, 3.8) is 0 Å². The molecule has 2 atom stereocenters. The summed E-state index contributed by atoms with van der Waals surface area (Å²) in [6.07, 6.45) is 0.880. The topological polar surface area (TPSA) is 49.5 Å². The van der Waals surface area contributed by atoms with E-state index in [2.05, 4.69) is 0 Å². The molecular weight excluding hydrogens is 147 g/mol. The molecule has 11 heavy (non-hydrogen) atoms. The van der Waals surface area contributed by atoms with Crippen LogP contribution in [-0.4, -0.2) is 35.1 Å². The Kier molecular flexibility index (Phi) is 1.46. The number of alkyl halides is 1. The van der Waals surface area contributed by atoms with Crippen molar-refractivity contribution in [3.05, 3.63) is 0 Å². The molecule has 1 aliphatic carbocycles. The normalized spacial score (nSPS) is 42.8. The van der Waals surface area contributed by atoms with Crippen molar-refractivity contribution in [3.8, 4) is 0 Å². The fraction of sp³-hybridized carbons (Fsp3) is 1.00. The molecule has 0 aromatic carbocycles. The van der Waals surface area contributed by atoms with E-state index in [1.54, 1.807) is 0 Å². The molecule has 1 saturated heterocycles. The van der Waals surface area contributed by atoms with Gasteiger partial charge in [-0.3, -0.25) is 0 Å². The van der Waals surface area contributed by atoms with Crippen molar-refractivity contribution >= 4 is 0 Å². The molecule has 2 aliphatic rings. The molecule has 0 aromatic heterocycles. The fourth-order valence-electron chi connectivity index (χ4n) is 1.80. The van der Waals surface area contributed by atoms with Crippen molar-refractivity contribution in [1.82, 2.24) is 5.06 Å². The minimum absolute atomic E-state index is 0.129. The first-order valence-electron chi connectivity index (χ1n) is 3.98. The van der Waals surface area contributed by atoms with E-state index in [1.165, 1.54) is 0 Å². The summed E-state index contributed by atoms with van der Waals surface area (Å²) >= 11 is 0. The van der Waals surface area contributed by atoms with Gasteiger partial charge in [0, 0.05) is 18.0 Å². The third-order valence-corrected chi connectivity index (χ3v) is 2.80. The van der Waals surface area contributed by atoms with E-state index < -0.39 is 6.17 Å². The van der Waals surface area contributed by atoms with Crippen LogP contribution in [0.15, 0.2) is 0 Å². The molecule has 0 spiro atoms. The molecule has 64 valence electrons. The third kappa shape index (κ3) is 1.15. The minimum Gasteiger partial charge on any atom is -0.325 e. The summed E-state index contributed by atoms with van der Waals surface area (Å²) in [4.78, 5) is 0. The van der Waals surface area contributed by atoms with Crippen molar-refractivity contribution in [2.24, 2.45) is 11.7 Å². The number of halogens is 1. The summed E-state index contributed by atoms with van der Waals surface area (Å²) in [7, 11) is 0. The highest BCUT2D eigenvalue weighted by atomic mass is 19.1. The second kappa shape index (κ2) is 2.15. The van der Waals surface area contributed by atoms with E-state index in [9.17, 15) is 4.39 Å². The maximum absolute atomic E-state index is 13.1. The van der Waals surface area contributed by atoms with Crippen molar-refractivity contribution in [2.45, 2.75) is 24.6 Å². The predicted octanol–water partition coefficient (Wildman–Crippen LogP) is 0.137. The molecule has 4 heteroatoms. The maximum Gasteiger partial charge on any atom is 0.121 e. The van der Waals surface area contributed by atoms with Gasteiger partial charge in [-0.2, -0.15) is 5.06 Å². The third-order valence-electron chi connectivity index (χ3n) is 2.80. The van der Waals surface area contributed by atoms with Gasteiger partial charge in [0.2, 0.25) is 0 Å². The van der Waals surface area contributed by atoms with Crippen LogP contribution in [0.1, 0.15) is 12.8 Å². The van der Waals surface area contributed by atoms with Crippen LogP contribution in [-0.2, 0) is 0 Å². The second-order valence-electron chi connectivity index (χ2n) is 3.73. The number of hydrogen-bond acceptors (Lipinski definition) is 3. The zero-order chi connectivity index (χ0) is 8.06. The number of nitrogens with two attached hydrogens (primary N) is 1. The average molecular weight is 160 g/mol. The molecule has 1 saturated carbocycles. The Morgan fingerprint density at radius 3 is 2.45 bits per heavy atom. The van der Waals surface area contributed by atoms with Crippen molar-refractivity contribution in [1.29, 1.82) is 0 Å². The second-order valence-corrected chi connectivity index (χ2v) is 3.73. The van der Waals surface area contributed by atoms with Crippen molar-refractivity contribution < 1.29 is 9.60 Å². The lowest BCUT2D eigenvalue weighted by atomic mass is 9.96. The van der Waals surface area contributed by atoms with E-state index in [0.717, 1.165) is 17.9 Å². The van der Waals surface area contributed by atoms with E-state index >= 15 is 0 Å². The SMILES string of the molecule is NC1([C@H]2CN(O)C[C@H]2F)CC1. The molecule has 2 fully saturated rings. The standard InChI is InChI=1S/C7H13FN2O/c8-6-4-10(11)3-5(6)7(9)1-2-7/h5-6,11H,1-4,9H2/t5-,6+/m0/s1. The molecule has 0 bridgehead atoms. The first-order chi connectivity index (χ1) is 5.12. The van der Waals surface area contributed by atoms with Gasteiger partial charge in [0.25, 0.3) is 0 Å². The number of hydroxylamine groups is 2. The van der Waals surface area contributed by atoms with Gasteiger partial charge in [-0.25, -0.2) is 4.39 Å². The minimum atomic E-state index is -0.937. The summed E-state index contributed by atoms with van der Waals surface area (Å²) in [6.45, 7) is 0.529. The highest BCUT2D eigenvalue weighted by Gasteiger charge is 2.52. The number of rotatable bonds is 1. The first kappa shape index (κ1) is 7.46. The summed E-state index contributed by atoms with van der Waals surface area (Å²) in [5.74, 6) is -0.146. The molecule has 3 N–H and O–H groups in total. The number of hydrogen-bond donors (Lipinski definition) is 2. The lowest BCUT2D eigenvalue weighted by Crippen LogP contribution is -2.38. The Balaban J connectivity index is 2.04. The van der Waals surface area contributed by atoms with Crippen LogP contribution in [0.2, 0.25) is 0 Å².